The zero-order chi connectivity index (χ0) is 15.9. The number of carbonyl (C=O) groups is 1. The zero-order valence-electron chi connectivity index (χ0n) is 11.5. The van der Waals surface area contributed by atoms with E-state index in [0.717, 1.165) is 0 Å². The second-order valence-corrected chi connectivity index (χ2v) is 5.62. The third-order valence-electron chi connectivity index (χ3n) is 3.29. The Hall–Kier alpha value is -2.17. The predicted octanol–water partition coefficient (Wildman–Crippen LogP) is 3.54. The number of halogens is 2. The van der Waals surface area contributed by atoms with Crippen molar-refractivity contribution in [1.82, 2.24) is 9.38 Å². The standard InChI is InChI=1S/C16H10Cl2N2O2/c1-9-13(14(21)10-5-3-2-4-6-10)16(22)20-8-11(17)7-12(18)15(20)19-9/h2-8H,1H3. The molecule has 0 radical (unpaired) electrons. The summed E-state index contributed by atoms with van der Waals surface area (Å²) >= 11 is 12.0. The van der Waals surface area contributed by atoms with Crippen LogP contribution < -0.4 is 5.56 Å². The van der Waals surface area contributed by atoms with Gasteiger partial charge >= 0.3 is 0 Å². The second kappa shape index (κ2) is 5.55. The summed E-state index contributed by atoms with van der Waals surface area (Å²) in [5, 5.41) is 0.551. The van der Waals surface area contributed by atoms with Gasteiger partial charge in [-0.15, -0.1) is 0 Å². The summed E-state index contributed by atoms with van der Waals surface area (Å²) in [6, 6.07) is 10.1. The average Bonchev–Trinajstić information content (AvgIpc) is 2.49. The van der Waals surface area contributed by atoms with E-state index in [-0.39, 0.29) is 22.0 Å². The molecule has 2 heterocycles. The fourth-order valence-corrected chi connectivity index (χ4v) is 2.78. The van der Waals surface area contributed by atoms with Gasteiger partial charge in [-0.3, -0.25) is 14.0 Å². The fourth-order valence-electron chi connectivity index (χ4n) is 2.27. The summed E-state index contributed by atoms with van der Waals surface area (Å²) in [6.45, 7) is 1.61. The second-order valence-electron chi connectivity index (χ2n) is 4.77. The SMILES string of the molecule is Cc1nc2c(Cl)cc(Cl)cn2c(=O)c1C(=O)c1ccccc1. The van der Waals surface area contributed by atoms with Gasteiger partial charge in [-0.25, -0.2) is 4.98 Å². The molecule has 0 aliphatic rings. The quantitative estimate of drug-likeness (QED) is 0.674. The summed E-state index contributed by atoms with van der Waals surface area (Å²) in [4.78, 5) is 29.5. The van der Waals surface area contributed by atoms with Crippen LogP contribution in [-0.2, 0) is 0 Å². The van der Waals surface area contributed by atoms with Crippen LogP contribution in [0.4, 0.5) is 0 Å². The Balaban J connectivity index is 2.32. The van der Waals surface area contributed by atoms with Crippen molar-refractivity contribution in [1.29, 1.82) is 0 Å². The highest BCUT2D eigenvalue weighted by atomic mass is 35.5. The molecule has 0 N–H and O–H groups in total. The highest BCUT2D eigenvalue weighted by Gasteiger charge is 2.20. The summed E-state index contributed by atoms with van der Waals surface area (Å²) in [7, 11) is 0. The van der Waals surface area contributed by atoms with E-state index in [9.17, 15) is 9.59 Å². The highest BCUT2D eigenvalue weighted by molar-refractivity contribution is 6.36. The first-order valence-electron chi connectivity index (χ1n) is 6.47. The lowest BCUT2D eigenvalue weighted by atomic mass is 10.0. The maximum atomic E-state index is 12.7. The molecule has 0 aliphatic heterocycles. The van der Waals surface area contributed by atoms with Gasteiger partial charge in [0, 0.05) is 11.8 Å². The molecule has 0 spiro atoms. The molecular formula is C16H10Cl2N2O2. The Bertz CT molecular complexity index is 950. The first-order chi connectivity index (χ1) is 10.5. The zero-order valence-corrected chi connectivity index (χ0v) is 13.0. The Morgan fingerprint density at radius 2 is 1.86 bits per heavy atom. The number of hydrogen-bond donors (Lipinski definition) is 0. The molecule has 0 fully saturated rings. The number of nitrogens with zero attached hydrogens (tertiary/aromatic N) is 2. The van der Waals surface area contributed by atoms with E-state index in [4.69, 9.17) is 23.2 Å². The van der Waals surface area contributed by atoms with Crippen LogP contribution in [0.25, 0.3) is 5.65 Å². The molecule has 0 aliphatic carbocycles. The molecule has 3 aromatic rings. The Labute approximate surface area is 135 Å². The molecule has 1 aromatic carbocycles. The normalized spacial score (nSPS) is 10.9. The van der Waals surface area contributed by atoms with Crippen molar-refractivity contribution in [3.8, 4) is 0 Å². The molecule has 6 heteroatoms. The van der Waals surface area contributed by atoms with Crippen molar-refractivity contribution in [2.24, 2.45) is 0 Å². The lowest BCUT2D eigenvalue weighted by Crippen LogP contribution is -2.25. The number of aromatic nitrogens is 2. The first-order valence-corrected chi connectivity index (χ1v) is 7.22. The van der Waals surface area contributed by atoms with Gasteiger partial charge in [-0.1, -0.05) is 53.5 Å². The van der Waals surface area contributed by atoms with Crippen molar-refractivity contribution in [3.05, 3.63) is 79.8 Å². The van der Waals surface area contributed by atoms with Crippen molar-refractivity contribution in [3.63, 3.8) is 0 Å². The van der Waals surface area contributed by atoms with E-state index in [1.54, 1.807) is 37.3 Å². The molecule has 22 heavy (non-hydrogen) atoms. The number of ketones is 1. The number of aryl methyl sites for hydroxylation is 1. The van der Waals surface area contributed by atoms with Crippen LogP contribution in [0.1, 0.15) is 21.6 Å². The van der Waals surface area contributed by atoms with Crippen molar-refractivity contribution >= 4 is 34.6 Å². The molecule has 110 valence electrons. The minimum atomic E-state index is -0.485. The van der Waals surface area contributed by atoms with E-state index in [2.05, 4.69) is 4.98 Å². The average molecular weight is 333 g/mol. The van der Waals surface area contributed by atoms with Crippen LogP contribution in [0, 0.1) is 6.92 Å². The lowest BCUT2D eigenvalue weighted by molar-refractivity contribution is 0.103. The lowest BCUT2D eigenvalue weighted by Gasteiger charge is -2.09. The van der Waals surface area contributed by atoms with Gasteiger partial charge in [0.25, 0.3) is 5.56 Å². The Morgan fingerprint density at radius 3 is 2.55 bits per heavy atom. The predicted molar refractivity (Wildman–Crippen MR) is 86.1 cm³/mol. The van der Waals surface area contributed by atoms with Gasteiger partial charge in [-0.05, 0) is 13.0 Å². The Kier molecular flexibility index (Phi) is 3.72. The van der Waals surface area contributed by atoms with Crippen LogP contribution in [-0.4, -0.2) is 15.2 Å². The van der Waals surface area contributed by atoms with Gasteiger partial charge in [0.1, 0.15) is 5.56 Å². The van der Waals surface area contributed by atoms with Gasteiger partial charge in [0.05, 0.1) is 15.7 Å². The molecule has 2 aromatic heterocycles. The molecule has 0 unspecified atom stereocenters. The fraction of sp³-hybridized carbons (Fsp3) is 0.0625. The third kappa shape index (κ3) is 2.40. The van der Waals surface area contributed by atoms with E-state index < -0.39 is 5.56 Å². The number of pyridine rings is 1. The van der Waals surface area contributed by atoms with E-state index >= 15 is 0 Å². The van der Waals surface area contributed by atoms with E-state index in [1.807, 2.05) is 0 Å². The minimum Gasteiger partial charge on any atom is -0.288 e. The van der Waals surface area contributed by atoms with Crippen LogP contribution in [0.3, 0.4) is 0 Å². The van der Waals surface area contributed by atoms with Gasteiger partial charge in [-0.2, -0.15) is 0 Å². The highest BCUT2D eigenvalue weighted by Crippen LogP contribution is 2.21. The molecule has 0 bridgehead atoms. The molecular weight excluding hydrogens is 323 g/mol. The van der Waals surface area contributed by atoms with Crippen LogP contribution in [0.15, 0.2) is 47.4 Å². The number of hydrogen-bond acceptors (Lipinski definition) is 3. The first kappa shape index (κ1) is 14.8. The van der Waals surface area contributed by atoms with Gasteiger partial charge in [0.15, 0.2) is 11.4 Å². The Morgan fingerprint density at radius 1 is 1.18 bits per heavy atom. The number of carbonyl (C=O) groups excluding carboxylic acids is 1. The third-order valence-corrected chi connectivity index (χ3v) is 3.77. The summed E-state index contributed by atoms with van der Waals surface area (Å²) in [5.74, 6) is -0.374. The summed E-state index contributed by atoms with van der Waals surface area (Å²) < 4.78 is 1.20. The molecule has 0 saturated heterocycles. The summed E-state index contributed by atoms with van der Waals surface area (Å²) in [5.41, 5.74) is 0.571. The topological polar surface area (TPSA) is 51.4 Å². The maximum Gasteiger partial charge on any atom is 0.269 e. The van der Waals surface area contributed by atoms with Gasteiger partial charge < -0.3 is 0 Å². The summed E-state index contributed by atoms with van der Waals surface area (Å²) in [6.07, 6.45) is 1.40. The number of benzene rings is 1. The monoisotopic (exact) mass is 332 g/mol. The number of fused-ring (bicyclic) bond motifs is 1. The van der Waals surface area contributed by atoms with Crippen LogP contribution >= 0.6 is 23.2 Å². The smallest absolute Gasteiger partial charge is 0.269 e. The van der Waals surface area contributed by atoms with Crippen LogP contribution in [0.5, 0.6) is 0 Å². The minimum absolute atomic E-state index is 0.0158. The number of rotatable bonds is 2. The molecule has 0 saturated carbocycles. The van der Waals surface area contributed by atoms with E-state index in [0.29, 0.717) is 16.3 Å². The molecule has 0 atom stereocenters. The van der Waals surface area contributed by atoms with Crippen molar-refractivity contribution in [2.45, 2.75) is 6.92 Å². The van der Waals surface area contributed by atoms with Crippen LogP contribution in [0.2, 0.25) is 10.0 Å². The maximum absolute atomic E-state index is 12.7. The van der Waals surface area contributed by atoms with E-state index in [1.165, 1.54) is 16.7 Å². The molecule has 3 rings (SSSR count). The van der Waals surface area contributed by atoms with Gasteiger partial charge in [0.2, 0.25) is 0 Å². The molecule has 0 amide bonds. The molecule has 4 nitrogen and oxygen atoms in total. The van der Waals surface area contributed by atoms with Crippen molar-refractivity contribution < 1.29 is 4.79 Å². The van der Waals surface area contributed by atoms with Crippen molar-refractivity contribution in [2.75, 3.05) is 0 Å². The largest absolute Gasteiger partial charge is 0.288 e.